The molecule has 1 unspecified atom stereocenters. The molecule has 12 heteroatoms. The third-order valence-corrected chi connectivity index (χ3v) is 14.6. The Morgan fingerprint density at radius 2 is 0.735 bits per heavy atom. The van der Waals surface area contributed by atoms with Crippen molar-refractivity contribution in [3.63, 3.8) is 0 Å². The molecular formula is C56H51N3O7S2. The van der Waals surface area contributed by atoms with E-state index in [1.807, 2.05) is 97.1 Å². The van der Waals surface area contributed by atoms with E-state index in [2.05, 4.69) is 99.6 Å². The van der Waals surface area contributed by atoms with E-state index in [-0.39, 0.29) is 6.42 Å². The predicted molar refractivity (Wildman–Crippen MR) is 276 cm³/mol. The molecule has 8 aromatic rings. The Labute approximate surface area is 402 Å². The summed E-state index contributed by atoms with van der Waals surface area (Å²) >= 11 is 1.69. The molecule has 0 fully saturated rings. The van der Waals surface area contributed by atoms with Crippen molar-refractivity contribution >= 4 is 67.4 Å². The topological polar surface area (TPSA) is 101 Å². The summed E-state index contributed by atoms with van der Waals surface area (Å²) < 4.78 is 56.0. The van der Waals surface area contributed by atoms with Crippen LogP contribution in [-0.2, 0) is 10.1 Å². The van der Waals surface area contributed by atoms with E-state index in [4.69, 9.17) is 18.9 Å². The molecule has 0 amide bonds. The number of rotatable bonds is 16. The Balaban J connectivity index is 1.03. The highest BCUT2D eigenvalue weighted by Gasteiger charge is 2.27. The van der Waals surface area contributed by atoms with Crippen LogP contribution in [0.4, 0.5) is 45.5 Å². The lowest BCUT2D eigenvalue weighted by Gasteiger charge is -2.34. The number of fused-ring (bicyclic) bond motifs is 2. The van der Waals surface area contributed by atoms with Gasteiger partial charge in [0.05, 0.1) is 45.1 Å². The summed E-state index contributed by atoms with van der Waals surface area (Å²) in [4.78, 5) is 8.64. The van der Waals surface area contributed by atoms with Crippen LogP contribution in [0, 0.1) is 0 Å². The molecular weight excluding hydrogens is 891 g/mol. The van der Waals surface area contributed by atoms with E-state index in [9.17, 15) is 13.0 Å². The summed E-state index contributed by atoms with van der Waals surface area (Å²) in [6.45, 7) is 1.94. The monoisotopic (exact) mass is 941 g/mol. The van der Waals surface area contributed by atoms with Gasteiger partial charge < -0.3 is 33.6 Å². The van der Waals surface area contributed by atoms with Crippen molar-refractivity contribution in [3.8, 4) is 45.3 Å². The van der Waals surface area contributed by atoms with Gasteiger partial charge in [-0.05, 0) is 181 Å². The fourth-order valence-electron chi connectivity index (χ4n) is 8.37. The highest BCUT2D eigenvalue weighted by molar-refractivity contribution is 7.99. The van der Waals surface area contributed by atoms with E-state index in [0.717, 1.165) is 101 Å². The lowest BCUT2D eigenvalue weighted by molar-refractivity contribution is 0.414. The average Bonchev–Trinajstić information content (AvgIpc) is 3.38. The molecule has 0 bridgehead atoms. The largest absolute Gasteiger partial charge is 0.497 e. The Bertz CT molecular complexity index is 2830. The summed E-state index contributed by atoms with van der Waals surface area (Å²) in [5, 5.41) is -0.926. The number of methoxy groups -OCH3 is 4. The van der Waals surface area contributed by atoms with E-state index < -0.39 is 15.4 Å². The van der Waals surface area contributed by atoms with Crippen molar-refractivity contribution in [2.75, 3.05) is 49.7 Å². The van der Waals surface area contributed by atoms with Gasteiger partial charge in [-0.3, -0.25) is 4.55 Å². The minimum absolute atomic E-state index is 0.243. The van der Waals surface area contributed by atoms with Gasteiger partial charge in [0.1, 0.15) is 23.0 Å². The molecule has 1 aliphatic heterocycles. The molecule has 344 valence electrons. The van der Waals surface area contributed by atoms with Gasteiger partial charge >= 0.3 is 0 Å². The van der Waals surface area contributed by atoms with Crippen molar-refractivity contribution in [3.05, 3.63) is 182 Å². The van der Waals surface area contributed by atoms with E-state index in [1.165, 1.54) is 0 Å². The third kappa shape index (κ3) is 9.70. The van der Waals surface area contributed by atoms with Crippen LogP contribution in [0.15, 0.2) is 192 Å². The molecule has 0 saturated carbocycles. The molecule has 8 aromatic carbocycles. The first kappa shape index (κ1) is 45.8. The van der Waals surface area contributed by atoms with Crippen molar-refractivity contribution in [1.82, 2.24) is 0 Å². The SMILES string of the molecule is COc1ccc(N(c2ccc(OC)cc2)c2ccc(-c3ccc4c(c3)Sc3cc(-c5ccc(N(c6ccc(OC)cc6)c6ccc(OC)cc6)cc5)ccc3N4CCC(C)S(=O)(=O)O)cc2)cc1. The number of benzene rings is 8. The lowest BCUT2D eigenvalue weighted by atomic mass is 10.0. The quantitative estimate of drug-likeness (QED) is 0.0937. The van der Waals surface area contributed by atoms with Gasteiger partial charge in [0, 0.05) is 50.5 Å². The van der Waals surface area contributed by atoms with Crippen molar-refractivity contribution < 1.29 is 31.9 Å². The van der Waals surface area contributed by atoms with Crippen LogP contribution in [0.1, 0.15) is 13.3 Å². The number of hydrogen-bond donors (Lipinski definition) is 1. The van der Waals surface area contributed by atoms with Gasteiger partial charge in [-0.25, -0.2) is 0 Å². The molecule has 1 atom stereocenters. The van der Waals surface area contributed by atoms with Gasteiger partial charge in [-0.1, -0.05) is 48.2 Å². The average molecular weight is 942 g/mol. The van der Waals surface area contributed by atoms with Crippen LogP contribution in [0.5, 0.6) is 23.0 Å². The molecule has 1 heterocycles. The zero-order valence-corrected chi connectivity index (χ0v) is 40.0. The molecule has 68 heavy (non-hydrogen) atoms. The maximum absolute atomic E-state index is 12.2. The predicted octanol–water partition coefficient (Wildman–Crippen LogP) is 14.3. The normalized spacial score (nSPS) is 12.4. The van der Waals surface area contributed by atoms with Crippen LogP contribution in [-0.4, -0.2) is 53.2 Å². The maximum Gasteiger partial charge on any atom is 0.267 e. The molecule has 1 N–H and O–H groups in total. The third-order valence-electron chi connectivity index (χ3n) is 12.2. The molecule has 10 nitrogen and oxygen atoms in total. The second kappa shape index (κ2) is 19.8. The molecule has 0 saturated heterocycles. The molecule has 1 aliphatic rings. The smallest absolute Gasteiger partial charge is 0.267 e. The summed E-state index contributed by atoms with van der Waals surface area (Å²) in [7, 11) is 2.44. The first-order valence-corrected chi connectivity index (χ1v) is 24.4. The fourth-order valence-corrected chi connectivity index (χ4v) is 9.95. The van der Waals surface area contributed by atoms with Crippen molar-refractivity contribution in [1.29, 1.82) is 0 Å². The molecule has 0 aromatic heterocycles. The van der Waals surface area contributed by atoms with E-state index >= 15 is 0 Å². The maximum atomic E-state index is 12.2. The van der Waals surface area contributed by atoms with Crippen LogP contribution in [0.3, 0.4) is 0 Å². The number of anilines is 8. The number of nitrogens with zero attached hydrogens (tertiary/aromatic N) is 3. The Morgan fingerprint density at radius 1 is 0.456 bits per heavy atom. The number of ether oxygens (including phenoxy) is 4. The molecule has 9 rings (SSSR count). The Kier molecular flexibility index (Phi) is 13.4. The summed E-state index contributed by atoms with van der Waals surface area (Å²) in [5.74, 6) is 3.12. The van der Waals surface area contributed by atoms with Crippen LogP contribution < -0.4 is 33.6 Å². The van der Waals surface area contributed by atoms with Gasteiger partial charge in [0.15, 0.2) is 0 Å². The zero-order chi connectivity index (χ0) is 47.4. The molecule has 0 radical (unpaired) electrons. The van der Waals surface area contributed by atoms with E-state index in [1.54, 1.807) is 47.1 Å². The first-order chi connectivity index (χ1) is 33.0. The minimum Gasteiger partial charge on any atom is -0.497 e. The van der Waals surface area contributed by atoms with Crippen molar-refractivity contribution in [2.24, 2.45) is 0 Å². The second-order valence-electron chi connectivity index (χ2n) is 16.3. The van der Waals surface area contributed by atoms with E-state index in [0.29, 0.717) is 6.54 Å². The standard InChI is InChI=1S/C56H51N3O7S2/c1-38(68(60,61)62)34-35-57-53-32-10-41(39-6-12-43(13-7-39)58(45-16-24-49(63-2)25-17-45)46-18-26-50(64-3)27-19-46)36-55(53)67-56-37-42(11-33-54(56)57)40-8-14-44(15-9-40)59(47-20-28-51(65-4)29-21-47)48-22-30-52(66-5)31-23-48/h6-33,36-38H,34-35H2,1-5H3,(H,60,61,62). The van der Waals surface area contributed by atoms with Crippen molar-refractivity contribution in [2.45, 2.75) is 28.4 Å². The summed E-state index contributed by atoms with van der Waals surface area (Å²) in [6, 6.07) is 61.9. The van der Waals surface area contributed by atoms with Gasteiger partial charge in [0.2, 0.25) is 0 Å². The second-order valence-corrected chi connectivity index (χ2v) is 19.2. The molecule has 0 spiro atoms. The van der Waals surface area contributed by atoms with Crippen LogP contribution >= 0.6 is 11.8 Å². The van der Waals surface area contributed by atoms with Crippen LogP contribution in [0.25, 0.3) is 22.3 Å². The highest BCUT2D eigenvalue weighted by atomic mass is 32.2. The van der Waals surface area contributed by atoms with Gasteiger partial charge in [0.25, 0.3) is 10.1 Å². The lowest BCUT2D eigenvalue weighted by Crippen LogP contribution is -2.27. The number of hydrogen-bond acceptors (Lipinski definition) is 10. The fraction of sp³-hybridized carbons (Fsp3) is 0.143. The minimum atomic E-state index is -4.21. The van der Waals surface area contributed by atoms with Gasteiger partial charge in [-0.2, -0.15) is 8.42 Å². The van der Waals surface area contributed by atoms with Gasteiger partial charge in [-0.15, -0.1) is 0 Å². The Hall–Kier alpha value is -7.38. The Morgan fingerprint density at radius 3 is 1.01 bits per heavy atom. The summed E-state index contributed by atoms with van der Waals surface area (Å²) in [5.41, 5.74) is 12.0. The summed E-state index contributed by atoms with van der Waals surface area (Å²) in [6.07, 6.45) is 0.243. The van der Waals surface area contributed by atoms with Crippen LogP contribution in [0.2, 0.25) is 0 Å². The molecule has 0 aliphatic carbocycles. The zero-order valence-electron chi connectivity index (χ0n) is 38.4. The first-order valence-electron chi connectivity index (χ1n) is 22.1. The highest BCUT2D eigenvalue weighted by Crippen LogP contribution is 2.51.